The molecule has 1 aliphatic heterocycles. The van der Waals surface area contributed by atoms with Gasteiger partial charge in [0.15, 0.2) is 5.96 Å². The van der Waals surface area contributed by atoms with Crippen molar-refractivity contribution in [3.63, 3.8) is 0 Å². The standard InChI is InChI=1S/C24H34N4O.HI/c1-4-25-24(26-16-19(2)21-10-6-5-7-11-21)27-17-20-14-15-28(18-20)22-12-8-9-13-23(22)29-3;/h5-13,19-20H,4,14-18H2,1-3H3,(H2,25,26,27);1H. The summed E-state index contributed by atoms with van der Waals surface area (Å²) in [6.45, 7) is 9.00. The molecule has 0 aliphatic carbocycles. The number of anilines is 1. The molecule has 0 bridgehead atoms. The second kappa shape index (κ2) is 12.7. The number of hydrogen-bond donors (Lipinski definition) is 2. The molecule has 3 rings (SSSR count). The number of guanidine groups is 1. The number of nitrogens with one attached hydrogen (secondary N) is 2. The van der Waals surface area contributed by atoms with Gasteiger partial charge in [0.05, 0.1) is 12.8 Å². The van der Waals surface area contributed by atoms with Crippen LogP contribution in [0.5, 0.6) is 5.75 Å². The summed E-state index contributed by atoms with van der Waals surface area (Å²) >= 11 is 0. The van der Waals surface area contributed by atoms with Gasteiger partial charge in [-0.15, -0.1) is 24.0 Å². The van der Waals surface area contributed by atoms with Gasteiger partial charge in [0.2, 0.25) is 0 Å². The van der Waals surface area contributed by atoms with Gasteiger partial charge in [0.25, 0.3) is 0 Å². The molecule has 6 heteroatoms. The van der Waals surface area contributed by atoms with Crippen LogP contribution in [0, 0.1) is 5.92 Å². The predicted octanol–water partition coefficient (Wildman–Crippen LogP) is 4.50. The molecule has 2 aromatic carbocycles. The lowest BCUT2D eigenvalue weighted by Crippen LogP contribution is -2.40. The summed E-state index contributed by atoms with van der Waals surface area (Å²) in [6.07, 6.45) is 1.17. The van der Waals surface area contributed by atoms with Gasteiger partial charge in [-0.1, -0.05) is 49.4 Å². The summed E-state index contributed by atoms with van der Waals surface area (Å²) < 4.78 is 5.53. The molecule has 0 saturated carbocycles. The molecule has 0 spiro atoms. The third-order valence-electron chi connectivity index (χ3n) is 5.51. The highest BCUT2D eigenvalue weighted by molar-refractivity contribution is 14.0. The Balaban J connectivity index is 0.00000320. The van der Waals surface area contributed by atoms with E-state index in [2.05, 4.69) is 71.8 Å². The normalized spacial score (nSPS) is 17.2. The molecule has 0 amide bonds. The number of nitrogens with zero attached hydrogens (tertiary/aromatic N) is 2. The van der Waals surface area contributed by atoms with Crippen LogP contribution in [0.2, 0.25) is 0 Å². The molecule has 2 atom stereocenters. The zero-order chi connectivity index (χ0) is 20.5. The maximum atomic E-state index is 5.53. The lowest BCUT2D eigenvalue weighted by atomic mass is 10.0. The van der Waals surface area contributed by atoms with Crippen LogP contribution in [0.15, 0.2) is 59.6 Å². The highest BCUT2D eigenvalue weighted by Crippen LogP contribution is 2.31. The molecule has 5 nitrogen and oxygen atoms in total. The van der Waals surface area contributed by atoms with Gasteiger partial charge < -0.3 is 20.3 Å². The summed E-state index contributed by atoms with van der Waals surface area (Å²) in [7, 11) is 1.74. The molecular formula is C24H35IN4O. The summed E-state index contributed by atoms with van der Waals surface area (Å²) in [5.41, 5.74) is 2.52. The zero-order valence-electron chi connectivity index (χ0n) is 18.3. The molecular weight excluding hydrogens is 487 g/mol. The number of benzene rings is 2. The average molecular weight is 522 g/mol. The zero-order valence-corrected chi connectivity index (χ0v) is 20.6. The predicted molar refractivity (Wildman–Crippen MR) is 138 cm³/mol. The molecule has 2 unspecified atom stereocenters. The van der Waals surface area contributed by atoms with Gasteiger partial charge in [-0.25, -0.2) is 0 Å². The first-order valence-corrected chi connectivity index (χ1v) is 10.7. The molecule has 164 valence electrons. The topological polar surface area (TPSA) is 48.9 Å². The van der Waals surface area contributed by atoms with E-state index < -0.39 is 0 Å². The first-order chi connectivity index (χ1) is 14.2. The van der Waals surface area contributed by atoms with Crippen molar-refractivity contribution in [2.75, 3.05) is 44.7 Å². The fourth-order valence-electron chi connectivity index (χ4n) is 3.81. The van der Waals surface area contributed by atoms with Crippen LogP contribution in [0.4, 0.5) is 5.69 Å². The highest BCUT2D eigenvalue weighted by atomic mass is 127. The molecule has 1 fully saturated rings. The lowest BCUT2D eigenvalue weighted by Gasteiger charge is -2.21. The fraction of sp³-hybridized carbons (Fsp3) is 0.458. The van der Waals surface area contributed by atoms with E-state index >= 15 is 0 Å². The Kier molecular flexibility index (Phi) is 10.3. The van der Waals surface area contributed by atoms with E-state index in [1.807, 2.05) is 12.1 Å². The molecule has 1 saturated heterocycles. The van der Waals surface area contributed by atoms with Crippen LogP contribution in [0.25, 0.3) is 0 Å². The minimum Gasteiger partial charge on any atom is -0.495 e. The van der Waals surface area contributed by atoms with E-state index in [4.69, 9.17) is 9.73 Å². The van der Waals surface area contributed by atoms with E-state index in [0.717, 1.165) is 44.4 Å². The van der Waals surface area contributed by atoms with E-state index in [1.165, 1.54) is 17.7 Å². The van der Waals surface area contributed by atoms with Gasteiger partial charge in [0, 0.05) is 38.6 Å². The van der Waals surface area contributed by atoms with E-state index in [9.17, 15) is 0 Å². The van der Waals surface area contributed by atoms with Crippen LogP contribution in [-0.4, -0.2) is 45.8 Å². The van der Waals surface area contributed by atoms with Gasteiger partial charge in [0.1, 0.15) is 5.75 Å². The van der Waals surface area contributed by atoms with Crippen molar-refractivity contribution in [1.82, 2.24) is 10.6 Å². The van der Waals surface area contributed by atoms with E-state index in [-0.39, 0.29) is 24.0 Å². The number of rotatable bonds is 8. The van der Waals surface area contributed by atoms with Crippen molar-refractivity contribution in [1.29, 1.82) is 0 Å². The molecule has 0 aromatic heterocycles. The summed E-state index contributed by atoms with van der Waals surface area (Å²) in [4.78, 5) is 7.24. The Morgan fingerprint density at radius 1 is 1.13 bits per heavy atom. The van der Waals surface area contributed by atoms with E-state index in [1.54, 1.807) is 7.11 Å². The average Bonchev–Trinajstić information content (AvgIpc) is 3.25. The van der Waals surface area contributed by atoms with Crippen LogP contribution in [0.1, 0.15) is 31.7 Å². The Morgan fingerprint density at radius 3 is 2.60 bits per heavy atom. The smallest absolute Gasteiger partial charge is 0.191 e. The summed E-state index contributed by atoms with van der Waals surface area (Å²) in [5.74, 6) is 2.85. The van der Waals surface area contributed by atoms with Gasteiger partial charge in [-0.2, -0.15) is 0 Å². The minimum absolute atomic E-state index is 0. The maximum Gasteiger partial charge on any atom is 0.191 e. The quantitative estimate of drug-likeness (QED) is 0.305. The third kappa shape index (κ3) is 6.79. The lowest BCUT2D eigenvalue weighted by molar-refractivity contribution is 0.414. The van der Waals surface area contributed by atoms with E-state index in [0.29, 0.717) is 11.8 Å². The second-order valence-electron chi connectivity index (χ2n) is 7.68. The molecule has 1 heterocycles. The first kappa shape index (κ1) is 24.3. The van der Waals surface area contributed by atoms with Crippen molar-refractivity contribution in [3.05, 3.63) is 60.2 Å². The number of hydrogen-bond acceptors (Lipinski definition) is 3. The van der Waals surface area contributed by atoms with Crippen LogP contribution < -0.4 is 20.3 Å². The van der Waals surface area contributed by atoms with Crippen molar-refractivity contribution >= 4 is 35.6 Å². The third-order valence-corrected chi connectivity index (χ3v) is 5.51. The van der Waals surface area contributed by atoms with Crippen molar-refractivity contribution in [2.24, 2.45) is 10.9 Å². The van der Waals surface area contributed by atoms with Gasteiger partial charge >= 0.3 is 0 Å². The van der Waals surface area contributed by atoms with Crippen molar-refractivity contribution in [2.45, 2.75) is 26.2 Å². The molecule has 1 aliphatic rings. The van der Waals surface area contributed by atoms with Crippen LogP contribution in [-0.2, 0) is 0 Å². The number of ether oxygens (including phenoxy) is 1. The fourth-order valence-corrected chi connectivity index (χ4v) is 3.81. The first-order valence-electron chi connectivity index (χ1n) is 10.7. The molecule has 0 radical (unpaired) electrons. The van der Waals surface area contributed by atoms with Crippen LogP contribution >= 0.6 is 24.0 Å². The van der Waals surface area contributed by atoms with Crippen LogP contribution in [0.3, 0.4) is 0 Å². The maximum absolute atomic E-state index is 5.53. The highest BCUT2D eigenvalue weighted by Gasteiger charge is 2.24. The number of methoxy groups -OCH3 is 1. The molecule has 2 aromatic rings. The minimum atomic E-state index is 0. The number of halogens is 1. The summed E-state index contributed by atoms with van der Waals surface area (Å²) in [6, 6.07) is 18.9. The molecule has 2 N–H and O–H groups in total. The second-order valence-corrected chi connectivity index (χ2v) is 7.68. The number of para-hydroxylation sites is 2. The number of aliphatic imine (C=N–C) groups is 1. The molecule has 30 heavy (non-hydrogen) atoms. The largest absolute Gasteiger partial charge is 0.495 e. The van der Waals surface area contributed by atoms with Crippen molar-refractivity contribution < 1.29 is 4.74 Å². The Morgan fingerprint density at radius 2 is 1.87 bits per heavy atom. The van der Waals surface area contributed by atoms with Gasteiger partial charge in [-0.3, -0.25) is 4.99 Å². The van der Waals surface area contributed by atoms with Crippen molar-refractivity contribution in [3.8, 4) is 5.75 Å². The Hall–Kier alpha value is -1.96. The Labute approximate surface area is 198 Å². The summed E-state index contributed by atoms with van der Waals surface area (Å²) in [5, 5.41) is 6.93. The SMILES string of the molecule is CCNC(=NCC(C)c1ccccc1)NCC1CCN(c2ccccc2OC)C1.I. The Bertz CT molecular complexity index is 784. The van der Waals surface area contributed by atoms with Gasteiger partial charge in [-0.05, 0) is 37.0 Å². The monoisotopic (exact) mass is 522 g/mol.